The molecule has 1 aromatic carbocycles. The molecule has 15 heavy (non-hydrogen) atoms. The third kappa shape index (κ3) is 3.20. The zero-order valence-corrected chi connectivity index (χ0v) is 9.67. The number of methoxy groups -OCH3 is 1. The van der Waals surface area contributed by atoms with E-state index < -0.39 is 11.8 Å². The van der Waals surface area contributed by atoms with E-state index in [9.17, 15) is 9.18 Å². The molecule has 0 aromatic heterocycles. The second kappa shape index (κ2) is 5.11. The molecule has 0 aliphatic carbocycles. The first kappa shape index (κ1) is 12.0. The van der Waals surface area contributed by atoms with Crippen molar-refractivity contribution in [3.63, 3.8) is 0 Å². The molecule has 0 fully saturated rings. The van der Waals surface area contributed by atoms with Crippen LogP contribution >= 0.6 is 15.9 Å². The van der Waals surface area contributed by atoms with E-state index in [2.05, 4.69) is 15.9 Å². The van der Waals surface area contributed by atoms with Crippen LogP contribution in [0.2, 0.25) is 0 Å². The number of hydrogen-bond acceptors (Lipinski definition) is 2. The summed E-state index contributed by atoms with van der Waals surface area (Å²) in [5.74, 6) is -0.976. The van der Waals surface area contributed by atoms with Crippen molar-refractivity contribution in [2.75, 3.05) is 7.11 Å². The standard InChI is InChI=1S/C10H10BrFO3/c1-15-8-5-7(12)4-6(10(8)11)2-3-9(13)14/h4-5H,2-3H2,1H3,(H,13,14). The third-order valence-electron chi connectivity index (χ3n) is 1.91. The highest BCUT2D eigenvalue weighted by Gasteiger charge is 2.10. The second-order valence-corrected chi connectivity index (χ2v) is 3.77. The molecule has 1 aromatic rings. The number of hydrogen-bond donors (Lipinski definition) is 1. The lowest BCUT2D eigenvalue weighted by atomic mass is 10.1. The fourth-order valence-electron chi connectivity index (χ4n) is 1.19. The van der Waals surface area contributed by atoms with Crippen LogP contribution in [0.5, 0.6) is 5.75 Å². The van der Waals surface area contributed by atoms with Crippen LogP contribution in [0.15, 0.2) is 16.6 Å². The Labute approximate surface area is 95.0 Å². The summed E-state index contributed by atoms with van der Waals surface area (Å²) in [6.07, 6.45) is 0.231. The Kier molecular flexibility index (Phi) is 4.08. The van der Waals surface area contributed by atoms with Crippen LogP contribution in [0.25, 0.3) is 0 Å². The van der Waals surface area contributed by atoms with Gasteiger partial charge in [0.1, 0.15) is 11.6 Å². The number of carboxylic acid groups (broad SMARTS) is 1. The number of halogens is 2. The van der Waals surface area contributed by atoms with Gasteiger partial charge in [0, 0.05) is 12.5 Å². The van der Waals surface area contributed by atoms with Gasteiger partial charge in [-0.2, -0.15) is 0 Å². The molecule has 0 spiro atoms. The molecule has 1 N–H and O–H groups in total. The SMILES string of the molecule is COc1cc(F)cc(CCC(=O)O)c1Br. The van der Waals surface area contributed by atoms with Crippen LogP contribution in [-0.4, -0.2) is 18.2 Å². The second-order valence-electron chi connectivity index (χ2n) is 2.97. The molecular weight excluding hydrogens is 267 g/mol. The van der Waals surface area contributed by atoms with Crippen molar-refractivity contribution < 1.29 is 19.0 Å². The molecule has 0 atom stereocenters. The molecule has 0 saturated carbocycles. The Morgan fingerprint density at radius 1 is 1.60 bits per heavy atom. The van der Waals surface area contributed by atoms with Gasteiger partial charge in [0.25, 0.3) is 0 Å². The molecule has 0 aliphatic heterocycles. The summed E-state index contributed by atoms with van der Waals surface area (Å²) in [6.45, 7) is 0. The first-order valence-electron chi connectivity index (χ1n) is 4.28. The van der Waals surface area contributed by atoms with Crippen molar-refractivity contribution in [3.8, 4) is 5.75 Å². The van der Waals surface area contributed by atoms with Crippen molar-refractivity contribution in [2.24, 2.45) is 0 Å². The maximum absolute atomic E-state index is 13.1. The summed E-state index contributed by atoms with van der Waals surface area (Å²) in [5.41, 5.74) is 0.592. The minimum Gasteiger partial charge on any atom is -0.495 e. The van der Waals surface area contributed by atoms with Gasteiger partial charge in [-0.05, 0) is 34.0 Å². The Hall–Kier alpha value is -1.10. The minimum atomic E-state index is -0.912. The Bertz CT molecular complexity index is 379. The molecule has 0 saturated heterocycles. The van der Waals surface area contributed by atoms with E-state index in [1.807, 2.05) is 0 Å². The number of rotatable bonds is 4. The van der Waals surface area contributed by atoms with E-state index in [1.54, 1.807) is 0 Å². The van der Waals surface area contributed by atoms with Crippen molar-refractivity contribution >= 4 is 21.9 Å². The topological polar surface area (TPSA) is 46.5 Å². The van der Waals surface area contributed by atoms with Crippen LogP contribution in [-0.2, 0) is 11.2 Å². The molecule has 0 bridgehead atoms. The van der Waals surface area contributed by atoms with Gasteiger partial charge in [-0.3, -0.25) is 4.79 Å². The predicted molar refractivity (Wildman–Crippen MR) is 56.6 cm³/mol. The van der Waals surface area contributed by atoms with Crippen molar-refractivity contribution in [3.05, 3.63) is 28.0 Å². The zero-order valence-electron chi connectivity index (χ0n) is 8.09. The Morgan fingerprint density at radius 3 is 2.80 bits per heavy atom. The maximum Gasteiger partial charge on any atom is 0.303 e. The average molecular weight is 277 g/mol. The van der Waals surface area contributed by atoms with Gasteiger partial charge in [-0.15, -0.1) is 0 Å². The molecule has 82 valence electrons. The molecule has 0 unspecified atom stereocenters. The fraction of sp³-hybridized carbons (Fsp3) is 0.300. The molecular formula is C10H10BrFO3. The van der Waals surface area contributed by atoms with Crippen LogP contribution in [0.1, 0.15) is 12.0 Å². The van der Waals surface area contributed by atoms with E-state index >= 15 is 0 Å². The summed E-state index contributed by atoms with van der Waals surface area (Å²) < 4.78 is 18.6. The zero-order chi connectivity index (χ0) is 11.4. The van der Waals surface area contributed by atoms with Crippen LogP contribution in [0.3, 0.4) is 0 Å². The van der Waals surface area contributed by atoms with Gasteiger partial charge in [0.2, 0.25) is 0 Å². The van der Waals surface area contributed by atoms with E-state index in [0.29, 0.717) is 15.8 Å². The summed E-state index contributed by atoms with van der Waals surface area (Å²) in [5, 5.41) is 8.52. The highest BCUT2D eigenvalue weighted by atomic mass is 79.9. The smallest absolute Gasteiger partial charge is 0.303 e. The van der Waals surface area contributed by atoms with Gasteiger partial charge in [-0.1, -0.05) is 0 Å². The molecule has 0 heterocycles. The van der Waals surface area contributed by atoms with Crippen molar-refractivity contribution in [2.45, 2.75) is 12.8 Å². The molecule has 5 heteroatoms. The summed E-state index contributed by atoms with van der Waals surface area (Å²) in [7, 11) is 1.43. The summed E-state index contributed by atoms with van der Waals surface area (Å²) in [6, 6.07) is 2.55. The van der Waals surface area contributed by atoms with E-state index in [4.69, 9.17) is 9.84 Å². The first-order valence-corrected chi connectivity index (χ1v) is 5.07. The van der Waals surface area contributed by atoms with Crippen LogP contribution in [0, 0.1) is 5.82 Å². The first-order chi connectivity index (χ1) is 7.04. The number of benzene rings is 1. The lowest BCUT2D eigenvalue weighted by molar-refractivity contribution is -0.136. The van der Waals surface area contributed by atoms with Gasteiger partial charge >= 0.3 is 5.97 Å². The van der Waals surface area contributed by atoms with E-state index in [-0.39, 0.29) is 12.8 Å². The monoisotopic (exact) mass is 276 g/mol. The molecule has 3 nitrogen and oxygen atoms in total. The summed E-state index contributed by atoms with van der Waals surface area (Å²) >= 11 is 3.24. The average Bonchev–Trinajstić information content (AvgIpc) is 2.18. The number of carbonyl (C=O) groups is 1. The summed E-state index contributed by atoms with van der Waals surface area (Å²) in [4.78, 5) is 10.4. The molecule has 1 rings (SSSR count). The van der Waals surface area contributed by atoms with E-state index in [1.165, 1.54) is 19.2 Å². The lowest BCUT2D eigenvalue weighted by Gasteiger charge is -2.08. The molecule has 0 amide bonds. The third-order valence-corrected chi connectivity index (χ3v) is 2.81. The minimum absolute atomic E-state index is 0.0365. The predicted octanol–water partition coefficient (Wildman–Crippen LogP) is 2.61. The fourth-order valence-corrected chi connectivity index (χ4v) is 1.78. The van der Waals surface area contributed by atoms with Crippen LogP contribution < -0.4 is 4.74 Å². The number of aryl methyl sites for hydroxylation is 1. The normalized spacial score (nSPS) is 10.1. The maximum atomic E-state index is 13.1. The quantitative estimate of drug-likeness (QED) is 0.920. The largest absolute Gasteiger partial charge is 0.495 e. The number of ether oxygens (including phenoxy) is 1. The Morgan fingerprint density at radius 2 is 2.27 bits per heavy atom. The van der Waals surface area contributed by atoms with Gasteiger partial charge in [-0.25, -0.2) is 4.39 Å². The van der Waals surface area contributed by atoms with Gasteiger partial charge in [0.05, 0.1) is 11.6 Å². The van der Waals surface area contributed by atoms with Gasteiger partial charge < -0.3 is 9.84 Å². The Balaban J connectivity index is 2.95. The molecule has 0 aliphatic rings. The highest BCUT2D eigenvalue weighted by molar-refractivity contribution is 9.10. The lowest BCUT2D eigenvalue weighted by Crippen LogP contribution is -1.99. The van der Waals surface area contributed by atoms with Crippen molar-refractivity contribution in [1.82, 2.24) is 0 Å². The van der Waals surface area contributed by atoms with Crippen molar-refractivity contribution in [1.29, 1.82) is 0 Å². The number of aliphatic carboxylic acids is 1. The molecule has 0 radical (unpaired) electrons. The van der Waals surface area contributed by atoms with E-state index in [0.717, 1.165) is 0 Å². The van der Waals surface area contributed by atoms with Crippen LogP contribution in [0.4, 0.5) is 4.39 Å². The highest BCUT2D eigenvalue weighted by Crippen LogP contribution is 2.30. The van der Waals surface area contributed by atoms with Gasteiger partial charge in [0.15, 0.2) is 0 Å². The number of carboxylic acids is 1.